The number of carbonyl (C=O) groups is 1. The summed E-state index contributed by atoms with van der Waals surface area (Å²) < 4.78 is 5.19. The lowest BCUT2D eigenvalue weighted by Gasteiger charge is -2.02. The van der Waals surface area contributed by atoms with Crippen LogP contribution in [0.2, 0.25) is 0 Å². The summed E-state index contributed by atoms with van der Waals surface area (Å²) in [5.74, 6) is 0.733. The average molecular weight is 306 g/mol. The lowest BCUT2D eigenvalue weighted by Crippen LogP contribution is -2.13. The Bertz CT molecular complexity index is 600. The quantitative estimate of drug-likeness (QED) is 0.814. The summed E-state index contributed by atoms with van der Waals surface area (Å²) in [4.78, 5) is 11.6. The highest BCUT2D eigenvalue weighted by molar-refractivity contribution is 7.15. The van der Waals surface area contributed by atoms with Gasteiger partial charge in [0, 0.05) is 12.8 Å². The van der Waals surface area contributed by atoms with Crippen molar-refractivity contribution in [2.24, 2.45) is 5.73 Å². The smallest absolute Gasteiger partial charge is 0.226 e. The van der Waals surface area contributed by atoms with Crippen LogP contribution in [0.25, 0.3) is 0 Å². The fourth-order valence-electron chi connectivity index (χ4n) is 1.78. The molecule has 0 bridgehead atoms. The Morgan fingerprint density at radius 1 is 1.43 bits per heavy atom. The SMILES string of the molecule is COc1cccc(Cc2nnc(NC(=O)CCCN)s2)c1. The van der Waals surface area contributed by atoms with Gasteiger partial charge in [-0.15, -0.1) is 10.2 Å². The van der Waals surface area contributed by atoms with E-state index in [9.17, 15) is 4.79 Å². The van der Waals surface area contributed by atoms with Gasteiger partial charge in [-0.25, -0.2) is 0 Å². The number of nitrogens with one attached hydrogen (secondary N) is 1. The third-order valence-corrected chi connectivity index (χ3v) is 3.65. The van der Waals surface area contributed by atoms with Gasteiger partial charge in [0.05, 0.1) is 7.11 Å². The molecule has 1 amide bonds. The van der Waals surface area contributed by atoms with E-state index in [1.165, 1.54) is 11.3 Å². The summed E-state index contributed by atoms with van der Waals surface area (Å²) in [7, 11) is 1.64. The van der Waals surface area contributed by atoms with Crippen LogP contribution in [-0.4, -0.2) is 29.8 Å². The minimum Gasteiger partial charge on any atom is -0.497 e. The number of rotatable bonds is 7. The molecule has 0 saturated carbocycles. The summed E-state index contributed by atoms with van der Waals surface area (Å²) in [6.45, 7) is 0.505. The maximum Gasteiger partial charge on any atom is 0.226 e. The van der Waals surface area contributed by atoms with E-state index in [-0.39, 0.29) is 5.91 Å². The second-order valence-electron chi connectivity index (χ2n) is 4.47. The van der Waals surface area contributed by atoms with E-state index in [2.05, 4.69) is 15.5 Å². The Morgan fingerprint density at radius 2 is 2.29 bits per heavy atom. The molecule has 112 valence electrons. The van der Waals surface area contributed by atoms with E-state index in [1.807, 2.05) is 24.3 Å². The number of carbonyl (C=O) groups excluding carboxylic acids is 1. The monoisotopic (exact) mass is 306 g/mol. The van der Waals surface area contributed by atoms with E-state index in [1.54, 1.807) is 7.11 Å². The molecular weight excluding hydrogens is 288 g/mol. The van der Waals surface area contributed by atoms with Crippen LogP contribution in [-0.2, 0) is 11.2 Å². The number of hydrogen-bond acceptors (Lipinski definition) is 6. The van der Waals surface area contributed by atoms with Crippen molar-refractivity contribution >= 4 is 22.4 Å². The zero-order valence-electron chi connectivity index (χ0n) is 11.8. The molecule has 0 aliphatic carbocycles. The van der Waals surface area contributed by atoms with Crippen LogP contribution in [0.5, 0.6) is 5.75 Å². The van der Waals surface area contributed by atoms with Crippen LogP contribution in [0.3, 0.4) is 0 Å². The molecule has 1 aromatic carbocycles. The predicted molar refractivity (Wildman–Crippen MR) is 82.6 cm³/mol. The summed E-state index contributed by atoms with van der Waals surface area (Å²) in [6.07, 6.45) is 1.73. The standard InChI is InChI=1S/C14H18N4O2S/c1-20-11-5-2-4-10(8-11)9-13-17-18-14(21-13)16-12(19)6-3-7-15/h2,4-5,8H,3,6-7,9,15H2,1H3,(H,16,18,19). The largest absolute Gasteiger partial charge is 0.497 e. The van der Waals surface area contributed by atoms with Gasteiger partial charge in [-0.2, -0.15) is 0 Å². The van der Waals surface area contributed by atoms with E-state index in [0.29, 0.717) is 30.9 Å². The summed E-state index contributed by atoms with van der Waals surface area (Å²) >= 11 is 1.38. The Labute approximate surface area is 127 Å². The molecule has 2 aromatic rings. The maximum absolute atomic E-state index is 11.6. The van der Waals surface area contributed by atoms with Gasteiger partial charge >= 0.3 is 0 Å². The Morgan fingerprint density at radius 3 is 3.05 bits per heavy atom. The highest BCUT2D eigenvalue weighted by atomic mass is 32.1. The Balaban J connectivity index is 1.94. The number of hydrogen-bond donors (Lipinski definition) is 2. The van der Waals surface area contributed by atoms with Crippen molar-refractivity contribution in [1.29, 1.82) is 0 Å². The van der Waals surface area contributed by atoms with E-state index < -0.39 is 0 Å². The molecule has 0 atom stereocenters. The molecular formula is C14H18N4O2S. The molecule has 2 rings (SSSR count). The van der Waals surface area contributed by atoms with Crippen molar-refractivity contribution in [3.63, 3.8) is 0 Å². The van der Waals surface area contributed by atoms with Crippen molar-refractivity contribution in [2.75, 3.05) is 19.0 Å². The molecule has 1 heterocycles. The molecule has 0 unspecified atom stereocenters. The van der Waals surface area contributed by atoms with Crippen molar-refractivity contribution in [2.45, 2.75) is 19.3 Å². The number of aromatic nitrogens is 2. The van der Waals surface area contributed by atoms with Gasteiger partial charge < -0.3 is 15.8 Å². The zero-order chi connectivity index (χ0) is 15.1. The van der Waals surface area contributed by atoms with Gasteiger partial charge in [0.25, 0.3) is 0 Å². The zero-order valence-corrected chi connectivity index (χ0v) is 12.7. The van der Waals surface area contributed by atoms with E-state index in [0.717, 1.165) is 16.3 Å². The summed E-state index contributed by atoms with van der Waals surface area (Å²) in [5.41, 5.74) is 6.46. The molecule has 0 fully saturated rings. The first kappa shape index (κ1) is 15.4. The van der Waals surface area contributed by atoms with Gasteiger partial charge in [-0.3, -0.25) is 4.79 Å². The van der Waals surface area contributed by atoms with Gasteiger partial charge in [0.15, 0.2) is 0 Å². The first-order chi connectivity index (χ1) is 10.2. The molecule has 6 nitrogen and oxygen atoms in total. The van der Waals surface area contributed by atoms with Gasteiger partial charge in [0.2, 0.25) is 11.0 Å². The topological polar surface area (TPSA) is 90.1 Å². The molecule has 0 saturated heterocycles. The van der Waals surface area contributed by atoms with Crippen LogP contribution in [0.1, 0.15) is 23.4 Å². The first-order valence-corrected chi connectivity index (χ1v) is 7.48. The number of nitrogens with two attached hydrogens (primary N) is 1. The summed E-state index contributed by atoms with van der Waals surface area (Å²) in [5, 5.41) is 12.2. The fourth-order valence-corrected chi connectivity index (χ4v) is 2.57. The predicted octanol–water partition coefficient (Wildman–Crippen LogP) is 1.81. The molecule has 21 heavy (non-hydrogen) atoms. The van der Waals surface area contributed by atoms with Crippen molar-refractivity contribution in [3.8, 4) is 5.75 Å². The number of ether oxygens (including phenoxy) is 1. The lowest BCUT2D eigenvalue weighted by molar-refractivity contribution is -0.116. The normalized spacial score (nSPS) is 10.4. The van der Waals surface area contributed by atoms with Crippen molar-refractivity contribution in [1.82, 2.24) is 10.2 Å². The minimum absolute atomic E-state index is 0.0791. The molecule has 7 heteroatoms. The molecule has 1 aromatic heterocycles. The maximum atomic E-state index is 11.6. The van der Waals surface area contributed by atoms with Crippen LogP contribution in [0, 0.1) is 0 Å². The molecule has 0 spiro atoms. The molecule has 3 N–H and O–H groups in total. The molecule has 0 radical (unpaired) electrons. The third-order valence-electron chi connectivity index (χ3n) is 2.81. The third kappa shape index (κ3) is 4.80. The summed E-state index contributed by atoms with van der Waals surface area (Å²) in [6, 6.07) is 7.79. The Kier molecular flexibility index (Phi) is 5.65. The number of methoxy groups -OCH3 is 1. The highest BCUT2D eigenvalue weighted by Gasteiger charge is 2.08. The van der Waals surface area contributed by atoms with Gasteiger partial charge in [-0.05, 0) is 30.7 Å². The molecule has 0 aliphatic heterocycles. The van der Waals surface area contributed by atoms with Crippen LogP contribution < -0.4 is 15.8 Å². The fraction of sp³-hybridized carbons (Fsp3) is 0.357. The van der Waals surface area contributed by atoms with Gasteiger partial charge in [-0.1, -0.05) is 23.5 Å². The highest BCUT2D eigenvalue weighted by Crippen LogP contribution is 2.21. The second-order valence-corrected chi connectivity index (χ2v) is 5.53. The number of benzene rings is 1. The van der Waals surface area contributed by atoms with Crippen LogP contribution in [0.15, 0.2) is 24.3 Å². The van der Waals surface area contributed by atoms with E-state index in [4.69, 9.17) is 10.5 Å². The number of amides is 1. The minimum atomic E-state index is -0.0791. The number of nitrogens with zero attached hydrogens (tertiary/aromatic N) is 2. The van der Waals surface area contributed by atoms with E-state index >= 15 is 0 Å². The lowest BCUT2D eigenvalue weighted by atomic mass is 10.1. The Hall–Kier alpha value is -1.99. The van der Waals surface area contributed by atoms with Crippen molar-refractivity contribution in [3.05, 3.63) is 34.8 Å². The van der Waals surface area contributed by atoms with Crippen LogP contribution in [0.4, 0.5) is 5.13 Å². The molecule has 0 aliphatic rings. The van der Waals surface area contributed by atoms with Crippen molar-refractivity contribution < 1.29 is 9.53 Å². The van der Waals surface area contributed by atoms with Crippen LogP contribution >= 0.6 is 11.3 Å². The first-order valence-electron chi connectivity index (χ1n) is 6.66. The second kappa shape index (κ2) is 7.70. The number of anilines is 1. The van der Waals surface area contributed by atoms with Gasteiger partial charge in [0.1, 0.15) is 10.8 Å². The average Bonchev–Trinajstić information content (AvgIpc) is 2.92.